The van der Waals surface area contributed by atoms with Crippen LogP contribution in [-0.2, 0) is 30.2 Å². The summed E-state index contributed by atoms with van der Waals surface area (Å²) in [5.74, 6) is -1.70. The fraction of sp³-hybridized carbons (Fsp3) is 0.615. The van der Waals surface area contributed by atoms with Crippen molar-refractivity contribution in [2.24, 2.45) is 5.73 Å². The van der Waals surface area contributed by atoms with Crippen molar-refractivity contribution in [3.05, 3.63) is 23.8 Å². The molecule has 0 saturated carbocycles. The molecule has 0 amide bonds. The molecule has 1 aromatic carbocycles. The van der Waals surface area contributed by atoms with Gasteiger partial charge in [-0.05, 0) is 58.7 Å². The normalized spacial score (nSPS) is 13.3. The molecule has 0 bridgehead atoms. The van der Waals surface area contributed by atoms with Gasteiger partial charge >= 0.3 is 24.4 Å². The van der Waals surface area contributed by atoms with Gasteiger partial charge in [-0.1, -0.05) is 25.8 Å². The first-order valence-corrected chi connectivity index (χ1v) is 12.5. The first-order chi connectivity index (χ1) is 17.7. The van der Waals surface area contributed by atoms with Gasteiger partial charge in [0.05, 0.1) is 18.8 Å². The number of hydrogen-bond acceptors (Lipinski definition) is 11. The third-order valence-corrected chi connectivity index (χ3v) is 4.92. The van der Waals surface area contributed by atoms with Crippen LogP contribution in [0.1, 0.15) is 72.8 Å². The van der Waals surface area contributed by atoms with Gasteiger partial charge in [0.15, 0.2) is 11.5 Å². The van der Waals surface area contributed by atoms with E-state index in [1.54, 1.807) is 27.7 Å². The Kier molecular flexibility index (Phi) is 13.4. The SMILES string of the molecule is CCCCCOC(=O)O[C@@H](C)CC(N)(Cc1ccc(OC(=O)OC(C)C)c(OC(=O)OC(C)C)c1)C(=O)O. The van der Waals surface area contributed by atoms with Crippen LogP contribution in [0.4, 0.5) is 14.4 Å². The lowest BCUT2D eigenvalue weighted by atomic mass is 9.86. The summed E-state index contributed by atoms with van der Waals surface area (Å²) in [7, 11) is 0. The van der Waals surface area contributed by atoms with Gasteiger partial charge in [0.1, 0.15) is 11.6 Å². The predicted octanol–water partition coefficient (Wildman–Crippen LogP) is 4.98. The first kappa shape index (κ1) is 32.5. The summed E-state index contributed by atoms with van der Waals surface area (Å²) < 4.78 is 30.4. The number of carbonyl (C=O) groups is 4. The number of carbonyl (C=O) groups excluding carboxylic acids is 3. The van der Waals surface area contributed by atoms with E-state index in [9.17, 15) is 24.3 Å². The molecular formula is C26H39NO11. The number of carboxylic acids is 1. The van der Waals surface area contributed by atoms with Crippen molar-refractivity contribution in [1.82, 2.24) is 0 Å². The van der Waals surface area contributed by atoms with Crippen molar-refractivity contribution in [3.63, 3.8) is 0 Å². The van der Waals surface area contributed by atoms with E-state index in [1.807, 2.05) is 6.92 Å². The van der Waals surface area contributed by atoms with Crippen LogP contribution in [0.3, 0.4) is 0 Å². The summed E-state index contributed by atoms with van der Waals surface area (Å²) >= 11 is 0. The highest BCUT2D eigenvalue weighted by molar-refractivity contribution is 5.79. The van der Waals surface area contributed by atoms with Gasteiger partial charge in [-0.2, -0.15) is 0 Å². The molecule has 0 aromatic heterocycles. The number of rotatable bonds is 14. The topological polar surface area (TPSA) is 170 Å². The molecule has 0 heterocycles. The summed E-state index contributed by atoms with van der Waals surface area (Å²) in [4.78, 5) is 48.1. The Labute approximate surface area is 222 Å². The van der Waals surface area contributed by atoms with E-state index in [1.165, 1.54) is 25.1 Å². The fourth-order valence-electron chi connectivity index (χ4n) is 3.30. The Morgan fingerprint density at radius 1 is 0.868 bits per heavy atom. The molecule has 3 N–H and O–H groups in total. The van der Waals surface area contributed by atoms with E-state index in [2.05, 4.69) is 0 Å². The van der Waals surface area contributed by atoms with Gasteiger partial charge in [-0.3, -0.25) is 4.79 Å². The minimum Gasteiger partial charge on any atom is -0.480 e. The molecule has 12 nitrogen and oxygen atoms in total. The molecule has 0 radical (unpaired) electrons. The number of ether oxygens (including phenoxy) is 6. The second-order valence-electron chi connectivity index (χ2n) is 9.39. The Balaban J connectivity index is 3.07. The van der Waals surface area contributed by atoms with Crippen LogP contribution in [0.5, 0.6) is 11.5 Å². The third-order valence-electron chi connectivity index (χ3n) is 4.92. The van der Waals surface area contributed by atoms with Crippen LogP contribution in [0.2, 0.25) is 0 Å². The number of nitrogens with two attached hydrogens (primary N) is 1. The van der Waals surface area contributed by atoms with Crippen molar-refractivity contribution >= 4 is 24.4 Å². The predicted molar refractivity (Wildman–Crippen MR) is 135 cm³/mol. The Hall–Kier alpha value is -3.54. The summed E-state index contributed by atoms with van der Waals surface area (Å²) in [6.07, 6.45) is -2.73. The molecule has 214 valence electrons. The highest BCUT2D eigenvalue weighted by Crippen LogP contribution is 2.31. The van der Waals surface area contributed by atoms with Crippen molar-refractivity contribution < 1.29 is 52.7 Å². The lowest BCUT2D eigenvalue weighted by Gasteiger charge is -2.28. The first-order valence-electron chi connectivity index (χ1n) is 12.5. The average molecular weight is 542 g/mol. The average Bonchev–Trinajstić information content (AvgIpc) is 2.77. The zero-order chi connectivity index (χ0) is 28.9. The van der Waals surface area contributed by atoms with E-state index in [4.69, 9.17) is 34.2 Å². The van der Waals surface area contributed by atoms with Gasteiger partial charge in [0, 0.05) is 12.8 Å². The molecule has 0 aliphatic rings. The molecule has 38 heavy (non-hydrogen) atoms. The lowest BCUT2D eigenvalue weighted by Crippen LogP contribution is -2.52. The highest BCUT2D eigenvalue weighted by Gasteiger charge is 2.37. The summed E-state index contributed by atoms with van der Waals surface area (Å²) in [6, 6.07) is 4.07. The molecule has 2 atom stereocenters. The number of aliphatic carboxylic acids is 1. The van der Waals surface area contributed by atoms with E-state index in [-0.39, 0.29) is 30.9 Å². The minimum absolute atomic E-state index is 0.152. The van der Waals surface area contributed by atoms with Crippen molar-refractivity contribution in [1.29, 1.82) is 0 Å². The highest BCUT2D eigenvalue weighted by atomic mass is 16.8. The number of benzene rings is 1. The van der Waals surface area contributed by atoms with E-state index >= 15 is 0 Å². The standard InChI is InChI=1S/C26H39NO11/c1-7-8-9-12-33-23(30)36-18(6)14-26(27,22(28)29)15-19-10-11-20(37-24(31)34-16(2)3)21(13-19)38-25(32)35-17(4)5/h10-11,13,16-18H,7-9,12,14-15,27H2,1-6H3,(H,28,29)/t18-,26?/m0/s1. The smallest absolute Gasteiger partial charge is 0.480 e. The summed E-state index contributed by atoms with van der Waals surface area (Å²) in [5, 5.41) is 9.86. The van der Waals surface area contributed by atoms with Crippen LogP contribution in [0.15, 0.2) is 18.2 Å². The molecule has 1 unspecified atom stereocenters. The van der Waals surface area contributed by atoms with Gasteiger partial charge in [-0.25, -0.2) is 14.4 Å². The second-order valence-corrected chi connectivity index (χ2v) is 9.39. The summed E-state index contributed by atoms with van der Waals surface area (Å²) in [6.45, 7) is 10.2. The van der Waals surface area contributed by atoms with E-state index < -0.39 is 48.3 Å². The van der Waals surface area contributed by atoms with Gasteiger partial charge in [0.2, 0.25) is 0 Å². The Bertz CT molecular complexity index is 947. The van der Waals surface area contributed by atoms with Crippen LogP contribution in [0, 0.1) is 0 Å². The molecule has 0 spiro atoms. The van der Waals surface area contributed by atoms with Crippen LogP contribution in [-0.4, -0.2) is 60.0 Å². The van der Waals surface area contributed by atoms with Crippen LogP contribution >= 0.6 is 0 Å². The quantitative estimate of drug-likeness (QED) is 0.140. The van der Waals surface area contributed by atoms with E-state index in [0.717, 1.165) is 12.8 Å². The zero-order valence-electron chi connectivity index (χ0n) is 22.8. The van der Waals surface area contributed by atoms with Crippen molar-refractivity contribution in [2.45, 2.75) is 97.5 Å². The summed E-state index contributed by atoms with van der Waals surface area (Å²) in [5.41, 5.74) is 4.68. The zero-order valence-corrected chi connectivity index (χ0v) is 22.8. The van der Waals surface area contributed by atoms with Gasteiger partial charge in [-0.15, -0.1) is 0 Å². The Morgan fingerprint density at radius 3 is 1.97 bits per heavy atom. The van der Waals surface area contributed by atoms with E-state index in [0.29, 0.717) is 12.0 Å². The number of hydrogen-bond donors (Lipinski definition) is 2. The van der Waals surface area contributed by atoms with Gasteiger partial charge < -0.3 is 39.3 Å². The molecule has 1 aromatic rings. The fourth-order valence-corrected chi connectivity index (χ4v) is 3.30. The molecular weight excluding hydrogens is 502 g/mol. The number of carboxylic acid groups (broad SMARTS) is 1. The molecule has 0 fully saturated rings. The third kappa shape index (κ3) is 12.1. The van der Waals surface area contributed by atoms with Crippen molar-refractivity contribution in [2.75, 3.05) is 6.61 Å². The van der Waals surface area contributed by atoms with Gasteiger partial charge in [0.25, 0.3) is 0 Å². The number of unbranched alkanes of at least 4 members (excludes halogenated alkanes) is 2. The maximum Gasteiger partial charge on any atom is 0.514 e. The van der Waals surface area contributed by atoms with Crippen LogP contribution < -0.4 is 15.2 Å². The molecule has 12 heteroatoms. The molecule has 1 rings (SSSR count). The second kappa shape index (κ2) is 15.7. The van der Waals surface area contributed by atoms with Crippen LogP contribution in [0.25, 0.3) is 0 Å². The Morgan fingerprint density at radius 2 is 1.45 bits per heavy atom. The maximum atomic E-state index is 12.1. The largest absolute Gasteiger partial charge is 0.514 e. The molecule has 0 aliphatic carbocycles. The monoisotopic (exact) mass is 541 g/mol. The molecule has 0 saturated heterocycles. The van der Waals surface area contributed by atoms with Crippen molar-refractivity contribution in [3.8, 4) is 11.5 Å². The minimum atomic E-state index is -1.86. The lowest BCUT2D eigenvalue weighted by molar-refractivity contribution is -0.144. The molecule has 0 aliphatic heterocycles. The maximum absolute atomic E-state index is 12.1.